The molecule has 1 saturated carbocycles. The summed E-state index contributed by atoms with van der Waals surface area (Å²) in [5.41, 5.74) is 6.25. The molecule has 3 N–H and O–H groups in total. The minimum Gasteiger partial charge on any atom is -0.376 e. The van der Waals surface area contributed by atoms with Crippen LogP contribution in [0.15, 0.2) is 28.7 Å². The standard InChI is InChI=1S/C13H19BrN2O2S/c1-19(17,18)12-7-4-8-13(12,9-15)16-11-6-3-2-5-10(11)14/h2-3,5-6,12,16H,4,7-9,15H2,1H3. The number of nitrogens with one attached hydrogen (secondary N) is 1. The molecule has 0 radical (unpaired) electrons. The molecule has 106 valence electrons. The van der Waals surface area contributed by atoms with Crippen LogP contribution in [0.3, 0.4) is 0 Å². The van der Waals surface area contributed by atoms with E-state index in [0.29, 0.717) is 13.0 Å². The average Bonchev–Trinajstić information content (AvgIpc) is 2.76. The summed E-state index contributed by atoms with van der Waals surface area (Å²) in [5.74, 6) is 0. The smallest absolute Gasteiger partial charge is 0.152 e. The molecule has 0 heterocycles. The van der Waals surface area contributed by atoms with Gasteiger partial charge in [0.25, 0.3) is 0 Å². The summed E-state index contributed by atoms with van der Waals surface area (Å²) >= 11 is 3.47. The monoisotopic (exact) mass is 346 g/mol. The first-order chi connectivity index (χ1) is 8.89. The number of hydrogen-bond donors (Lipinski definition) is 2. The van der Waals surface area contributed by atoms with Gasteiger partial charge in [-0.15, -0.1) is 0 Å². The zero-order valence-corrected chi connectivity index (χ0v) is 13.3. The van der Waals surface area contributed by atoms with Crippen molar-refractivity contribution in [1.82, 2.24) is 0 Å². The van der Waals surface area contributed by atoms with Crippen molar-refractivity contribution in [3.8, 4) is 0 Å². The zero-order chi connectivity index (χ0) is 14.1. The molecule has 1 aromatic carbocycles. The third-order valence-electron chi connectivity index (χ3n) is 3.84. The van der Waals surface area contributed by atoms with Crippen molar-refractivity contribution in [2.24, 2.45) is 5.73 Å². The van der Waals surface area contributed by atoms with E-state index in [4.69, 9.17) is 5.73 Å². The van der Waals surface area contributed by atoms with Crippen molar-refractivity contribution in [3.63, 3.8) is 0 Å². The molecule has 6 heteroatoms. The number of nitrogens with two attached hydrogens (primary N) is 1. The van der Waals surface area contributed by atoms with Crippen molar-refractivity contribution < 1.29 is 8.42 Å². The van der Waals surface area contributed by atoms with Crippen molar-refractivity contribution >= 4 is 31.5 Å². The van der Waals surface area contributed by atoms with E-state index in [2.05, 4.69) is 21.2 Å². The Morgan fingerprint density at radius 2 is 2.16 bits per heavy atom. The topological polar surface area (TPSA) is 72.2 Å². The molecule has 0 saturated heterocycles. The number of para-hydroxylation sites is 1. The lowest BCUT2D eigenvalue weighted by molar-refractivity contribution is 0.479. The van der Waals surface area contributed by atoms with Crippen LogP contribution in [0.2, 0.25) is 0 Å². The van der Waals surface area contributed by atoms with E-state index in [1.807, 2.05) is 24.3 Å². The fraction of sp³-hybridized carbons (Fsp3) is 0.538. The van der Waals surface area contributed by atoms with Crippen LogP contribution in [0.25, 0.3) is 0 Å². The Labute approximate surface area is 122 Å². The summed E-state index contributed by atoms with van der Waals surface area (Å²) in [6.07, 6.45) is 3.64. The van der Waals surface area contributed by atoms with Crippen LogP contribution in [-0.2, 0) is 9.84 Å². The molecule has 1 aliphatic carbocycles. The Morgan fingerprint density at radius 3 is 2.74 bits per heavy atom. The Morgan fingerprint density at radius 1 is 1.47 bits per heavy atom. The molecule has 4 nitrogen and oxygen atoms in total. The Hall–Kier alpha value is -0.590. The molecule has 2 atom stereocenters. The van der Waals surface area contributed by atoms with E-state index in [0.717, 1.165) is 23.0 Å². The number of hydrogen-bond acceptors (Lipinski definition) is 4. The van der Waals surface area contributed by atoms with E-state index in [9.17, 15) is 8.42 Å². The van der Waals surface area contributed by atoms with Gasteiger partial charge in [-0.2, -0.15) is 0 Å². The van der Waals surface area contributed by atoms with Gasteiger partial charge in [-0.05, 0) is 47.3 Å². The van der Waals surface area contributed by atoms with Crippen LogP contribution in [0.1, 0.15) is 19.3 Å². The normalized spacial score (nSPS) is 27.4. The van der Waals surface area contributed by atoms with Crippen molar-refractivity contribution in [2.45, 2.75) is 30.1 Å². The second kappa shape index (κ2) is 5.42. The lowest BCUT2D eigenvalue weighted by Gasteiger charge is -2.35. The number of sulfone groups is 1. The van der Waals surface area contributed by atoms with Gasteiger partial charge in [0.2, 0.25) is 0 Å². The molecular weight excluding hydrogens is 328 g/mol. The molecular formula is C13H19BrN2O2S. The van der Waals surface area contributed by atoms with Crippen LogP contribution >= 0.6 is 15.9 Å². The third-order valence-corrected chi connectivity index (χ3v) is 6.26. The van der Waals surface area contributed by atoms with Crippen molar-refractivity contribution in [3.05, 3.63) is 28.7 Å². The predicted molar refractivity (Wildman–Crippen MR) is 82.0 cm³/mol. The first-order valence-corrected chi connectivity index (χ1v) is 9.05. The lowest BCUT2D eigenvalue weighted by atomic mass is 9.96. The average molecular weight is 347 g/mol. The van der Waals surface area contributed by atoms with E-state index in [1.165, 1.54) is 6.26 Å². The highest BCUT2D eigenvalue weighted by atomic mass is 79.9. The quantitative estimate of drug-likeness (QED) is 0.876. The predicted octanol–water partition coefficient (Wildman–Crippen LogP) is 2.16. The van der Waals surface area contributed by atoms with E-state index in [-0.39, 0.29) is 0 Å². The molecule has 0 spiro atoms. The summed E-state index contributed by atoms with van der Waals surface area (Å²) in [6.45, 7) is 0.312. The number of benzene rings is 1. The summed E-state index contributed by atoms with van der Waals surface area (Å²) in [7, 11) is -3.11. The Kier molecular flexibility index (Phi) is 4.23. The first-order valence-electron chi connectivity index (χ1n) is 6.31. The molecule has 2 unspecified atom stereocenters. The van der Waals surface area contributed by atoms with Gasteiger partial charge in [0.05, 0.1) is 10.8 Å². The third kappa shape index (κ3) is 2.95. The van der Waals surface area contributed by atoms with Crippen LogP contribution in [0, 0.1) is 0 Å². The SMILES string of the molecule is CS(=O)(=O)C1CCCC1(CN)Nc1ccccc1Br. The van der Waals surface area contributed by atoms with Gasteiger partial charge in [0.15, 0.2) is 9.84 Å². The molecule has 19 heavy (non-hydrogen) atoms. The first kappa shape index (κ1) is 14.8. The van der Waals surface area contributed by atoms with E-state index >= 15 is 0 Å². The number of rotatable bonds is 4. The summed E-state index contributed by atoms with van der Waals surface area (Å²) < 4.78 is 24.9. The fourth-order valence-corrected chi connectivity index (χ4v) is 4.99. The van der Waals surface area contributed by atoms with Crippen LogP contribution in [0.5, 0.6) is 0 Å². The second-order valence-electron chi connectivity index (χ2n) is 5.18. The molecule has 0 aromatic heterocycles. The maximum Gasteiger partial charge on any atom is 0.152 e. The maximum absolute atomic E-state index is 12.0. The van der Waals surface area contributed by atoms with Crippen molar-refractivity contribution in [1.29, 1.82) is 0 Å². The molecule has 0 bridgehead atoms. The van der Waals surface area contributed by atoms with Crippen molar-refractivity contribution in [2.75, 3.05) is 18.1 Å². The summed E-state index contributed by atoms with van der Waals surface area (Å²) in [6, 6.07) is 7.70. The number of anilines is 1. The highest BCUT2D eigenvalue weighted by Crippen LogP contribution is 2.38. The van der Waals surface area contributed by atoms with Gasteiger partial charge in [-0.1, -0.05) is 12.1 Å². The fourth-order valence-electron chi connectivity index (χ4n) is 2.92. The van der Waals surface area contributed by atoms with Gasteiger partial charge in [-0.3, -0.25) is 0 Å². The Bertz CT molecular complexity index is 562. The Balaban J connectivity index is 2.36. The van der Waals surface area contributed by atoms with Crippen LogP contribution in [0.4, 0.5) is 5.69 Å². The van der Waals surface area contributed by atoms with E-state index < -0.39 is 20.6 Å². The number of halogens is 1. The molecule has 1 fully saturated rings. The van der Waals surface area contributed by atoms with Crippen LogP contribution in [-0.4, -0.2) is 32.0 Å². The van der Waals surface area contributed by atoms with Crippen LogP contribution < -0.4 is 11.1 Å². The molecule has 2 rings (SSSR count). The highest BCUT2D eigenvalue weighted by molar-refractivity contribution is 9.10. The highest BCUT2D eigenvalue weighted by Gasteiger charge is 2.47. The molecule has 0 amide bonds. The molecule has 1 aromatic rings. The van der Waals surface area contributed by atoms with Gasteiger partial charge >= 0.3 is 0 Å². The molecule has 1 aliphatic rings. The minimum atomic E-state index is -3.11. The van der Waals surface area contributed by atoms with Gasteiger partial charge < -0.3 is 11.1 Å². The maximum atomic E-state index is 12.0. The van der Waals surface area contributed by atoms with Gasteiger partial charge in [-0.25, -0.2) is 8.42 Å². The molecule has 0 aliphatic heterocycles. The zero-order valence-electron chi connectivity index (χ0n) is 10.9. The second-order valence-corrected chi connectivity index (χ2v) is 8.26. The minimum absolute atomic E-state index is 0.312. The largest absolute Gasteiger partial charge is 0.376 e. The van der Waals surface area contributed by atoms with Gasteiger partial charge in [0.1, 0.15) is 0 Å². The van der Waals surface area contributed by atoms with E-state index in [1.54, 1.807) is 0 Å². The lowest BCUT2D eigenvalue weighted by Crippen LogP contribution is -2.54. The summed E-state index contributed by atoms with van der Waals surface area (Å²) in [4.78, 5) is 0. The van der Waals surface area contributed by atoms with Gasteiger partial charge in [0, 0.05) is 23.0 Å². The summed E-state index contributed by atoms with van der Waals surface area (Å²) in [5, 5.41) is 2.96.